The number of thioether (sulfide) groups is 1. The first kappa shape index (κ1) is 10.7. The van der Waals surface area contributed by atoms with Crippen molar-refractivity contribution in [1.29, 1.82) is 0 Å². The Hall–Kier alpha value is -0.760. The number of rotatable bonds is 2. The van der Waals surface area contributed by atoms with E-state index in [0.717, 1.165) is 25.7 Å². The minimum Gasteiger partial charge on any atom is -0.300 e. The molecule has 1 nitrogen and oxygen atoms in total. The first-order chi connectivity index (χ1) is 7.24. The number of ketones is 1. The van der Waals surface area contributed by atoms with Crippen molar-refractivity contribution in [1.82, 2.24) is 0 Å². The summed E-state index contributed by atoms with van der Waals surface area (Å²) in [6.45, 7) is 2.10. The van der Waals surface area contributed by atoms with E-state index in [-0.39, 0.29) is 0 Å². The van der Waals surface area contributed by atoms with Crippen LogP contribution in [0.3, 0.4) is 0 Å². The lowest BCUT2D eigenvalue weighted by molar-refractivity contribution is -0.120. The van der Waals surface area contributed by atoms with Gasteiger partial charge < -0.3 is 0 Å². The van der Waals surface area contributed by atoms with Gasteiger partial charge in [0.1, 0.15) is 5.78 Å². The molecule has 0 atom stereocenters. The molecule has 0 unspecified atom stereocenters. The van der Waals surface area contributed by atoms with E-state index in [2.05, 4.69) is 31.2 Å². The quantitative estimate of drug-likeness (QED) is 0.757. The molecule has 0 saturated heterocycles. The number of carbonyl (C=O) groups excluding carboxylic acids is 1. The summed E-state index contributed by atoms with van der Waals surface area (Å²) in [5, 5.41) is 0.644. The third kappa shape index (κ3) is 3.10. The molecule has 0 bridgehead atoms. The number of hydrogen-bond donors (Lipinski definition) is 0. The molecule has 0 aromatic heterocycles. The highest BCUT2D eigenvalue weighted by Gasteiger charge is 2.19. The highest BCUT2D eigenvalue weighted by Crippen LogP contribution is 2.32. The lowest BCUT2D eigenvalue weighted by Gasteiger charge is -2.20. The van der Waals surface area contributed by atoms with Crippen LogP contribution in [-0.2, 0) is 4.79 Å². The fourth-order valence-electron chi connectivity index (χ4n) is 1.84. The van der Waals surface area contributed by atoms with Gasteiger partial charge in [-0.1, -0.05) is 17.7 Å². The summed E-state index contributed by atoms with van der Waals surface area (Å²) >= 11 is 1.92. The van der Waals surface area contributed by atoms with E-state index in [1.807, 2.05) is 11.8 Å². The van der Waals surface area contributed by atoms with E-state index in [4.69, 9.17) is 0 Å². The average Bonchev–Trinajstić information content (AvgIpc) is 2.25. The standard InChI is InChI=1S/C13H16OS/c1-10-2-6-12(7-3-10)15-13-8-4-11(14)5-9-13/h2-3,6-7,13H,4-5,8-9H2,1H3. The van der Waals surface area contributed by atoms with Crippen molar-refractivity contribution in [3.63, 3.8) is 0 Å². The van der Waals surface area contributed by atoms with Crippen molar-refractivity contribution < 1.29 is 4.79 Å². The SMILES string of the molecule is Cc1ccc(SC2CCC(=O)CC2)cc1. The molecule has 1 aliphatic carbocycles. The predicted octanol–water partition coefficient (Wildman–Crippen LogP) is 3.60. The minimum absolute atomic E-state index is 0.441. The zero-order chi connectivity index (χ0) is 10.7. The molecule has 0 radical (unpaired) electrons. The predicted molar refractivity (Wildman–Crippen MR) is 64.3 cm³/mol. The molecule has 1 fully saturated rings. The summed E-state index contributed by atoms with van der Waals surface area (Å²) in [7, 11) is 0. The van der Waals surface area contributed by atoms with Gasteiger partial charge in [-0.2, -0.15) is 0 Å². The van der Waals surface area contributed by atoms with Gasteiger partial charge in [-0.15, -0.1) is 11.8 Å². The fourth-order valence-corrected chi connectivity index (χ4v) is 2.99. The van der Waals surface area contributed by atoms with Gasteiger partial charge in [0.05, 0.1) is 0 Å². The Morgan fingerprint density at radius 2 is 1.73 bits per heavy atom. The third-order valence-corrected chi connectivity index (χ3v) is 4.16. The zero-order valence-electron chi connectivity index (χ0n) is 9.03. The lowest BCUT2D eigenvalue weighted by atomic mass is 9.99. The Morgan fingerprint density at radius 1 is 1.13 bits per heavy atom. The number of carbonyl (C=O) groups is 1. The molecule has 1 aromatic rings. The van der Waals surface area contributed by atoms with Crippen LogP contribution in [0.25, 0.3) is 0 Å². The first-order valence-electron chi connectivity index (χ1n) is 5.49. The smallest absolute Gasteiger partial charge is 0.132 e. The number of aryl methyl sites for hydroxylation is 1. The second kappa shape index (κ2) is 4.84. The maximum atomic E-state index is 11.1. The van der Waals surface area contributed by atoms with Crippen LogP contribution in [0, 0.1) is 6.92 Å². The molecule has 1 saturated carbocycles. The molecular weight excluding hydrogens is 204 g/mol. The molecule has 1 aliphatic rings. The Morgan fingerprint density at radius 3 is 2.33 bits per heavy atom. The van der Waals surface area contributed by atoms with Crippen LogP contribution < -0.4 is 0 Å². The fraction of sp³-hybridized carbons (Fsp3) is 0.462. The van der Waals surface area contributed by atoms with Gasteiger partial charge in [0.25, 0.3) is 0 Å². The second-order valence-electron chi connectivity index (χ2n) is 4.17. The van der Waals surface area contributed by atoms with Crippen molar-refractivity contribution in [3.8, 4) is 0 Å². The van der Waals surface area contributed by atoms with E-state index in [1.165, 1.54) is 10.5 Å². The van der Waals surface area contributed by atoms with Crippen LogP contribution in [-0.4, -0.2) is 11.0 Å². The average molecular weight is 220 g/mol. The molecule has 1 aromatic carbocycles. The normalized spacial score (nSPS) is 18.1. The van der Waals surface area contributed by atoms with Crippen LogP contribution >= 0.6 is 11.8 Å². The molecule has 2 rings (SSSR count). The maximum Gasteiger partial charge on any atom is 0.132 e. The summed E-state index contributed by atoms with van der Waals surface area (Å²) in [5.41, 5.74) is 1.30. The van der Waals surface area contributed by atoms with Crippen molar-refractivity contribution >= 4 is 17.5 Å². The van der Waals surface area contributed by atoms with Crippen LogP contribution in [0.1, 0.15) is 31.2 Å². The van der Waals surface area contributed by atoms with Crippen molar-refractivity contribution in [2.24, 2.45) is 0 Å². The van der Waals surface area contributed by atoms with E-state index < -0.39 is 0 Å². The summed E-state index contributed by atoms with van der Waals surface area (Å²) in [5.74, 6) is 0.441. The molecule has 0 heterocycles. The molecule has 80 valence electrons. The summed E-state index contributed by atoms with van der Waals surface area (Å²) in [6.07, 6.45) is 3.67. The molecule has 15 heavy (non-hydrogen) atoms. The van der Waals surface area contributed by atoms with Crippen molar-refractivity contribution in [2.75, 3.05) is 0 Å². The Balaban J connectivity index is 1.91. The minimum atomic E-state index is 0.441. The first-order valence-corrected chi connectivity index (χ1v) is 6.37. The highest BCUT2D eigenvalue weighted by molar-refractivity contribution is 8.00. The van der Waals surface area contributed by atoms with Crippen LogP contribution in [0.5, 0.6) is 0 Å². The van der Waals surface area contributed by atoms with Gasteiger partial charge >= 0.3 is 0 Å². The molecule has 0 spiro atoms. The Labute approximate surface area is 95.3 Å². The Bertz CT molecular complexity index is 332. The third-order valence-electron chi connectivity index (χ3n) is 2.81. The zero-order valence-corrected chi connectivity index (χ0v) is 9.85. The van der Waals surface area contributed by atoms with Crippen molar-refractivity contribution in [3.05, 3.63) is 29.8 Å². The monoisotopic (exact) mass is 220 g/mol. The summed E-state index contributed by atoms with van der Waals surface area (Å²) in [6, 6.07) is 8.65. The number of hydrogen-bond acceptors (Lipinski definition) is 2. The molecule has 0 aliphatic heterocycles. The van der Waals surface area contributed by atoms with Gasteiger partial charge in [0, 0.05) is 23.0 Å². The van der Waals surface area contributed by atoms with E-state index in [0.29, 0.717) is 11.0 Å². The topological polar surface area (TPSA) is 17.1 Å². The van der Waals surface area contributed by atoms with Crippen molar-refractivity contribution in [2.45, 2.75) is 42.8 Å². The molecule has 2 heteroatoms. The summed E-state index contributed by atoms with van der Waals surface area (Å²) in [4.78, 5) is 12.4. The van der Waals surface area contributed by atoms with E-state index in [1.54, 1.807) is 0 Å². The van der Waals surface area contributed by atoms with E-state index in [9.17, 15) is 4.79 Å². The molecular formula is C13H16OS. The molecule has 0 amide bonds. The van der Waals surface area contributed by atoms with Crippen LogP contribution in [0.2, 0.25) is 0 Å². The van der Waals surface area contributed by atoms with Gasteiger partial charge in [-0.3, -0.25) is 4.79 Å². The van der Waals surface area contributed by atoms with Gasteiger partial charge in [0.2, 0.25) is 0 Å². The second-order valence-corrected chi connectivity index (χ2v) is 5.54. The number of Topliss-reactive ketones (excluding diaryl/α,β-unsaturated/α-hetero) is 1. The lowest BCUT2D eigenvalue weighted by Crippen LogP contribution is -2.15. The van der Waals surface area contributed by atoms with Gasteiger partial charge in [-0.05, 0) is 31.9 Å². The van der Waals surface area contributed by atoms with Crippen LogP contribution in [0.4, 0.5) is 0 Å². The number of benzene rings is 1. The van der Waals surface area contributed by atoms with Gasteiger partial charge in [-0.25, -0.2) is 0 Å². The largest absolute Gasteiger partial charge is 0.300 e. The highest BCUT2D eigenvalue weighted by atomic mass is 32.2. The maximum absolute atomic E-state index is 11.1. The van der Waals surface area contributed by atoms with Gasteiger partial charge in [0.15, 0.2) is 0 Å². The van der Waals surface area contributed by atoms with E-state index >= 15 is 0 Å². The molecule has 0 N–H and O–H groups in total. The Kier molecular flexibility index (Phi) is 3.47. The van der Waals surface area contributed by atoms with Crippen LogP contribution in [0.15, 0.2) is 29.2 Å². The summed E-state index contributed by atoms with van der Waals surface area (Å²) < 4.78 is 0.